The summed E-state index contributed by atoms with van der Waals surface area (Å²) in [5.74, 6) is -0.252. The van der Waals surface area contributed by atoms with Crippen molar-refractivity contribution in [1.29, 1.82) is 0 Å². The molecule has 1 aliphatic heterocycles. The zero-order valence-electron chi connectivity index (χ0n) is 13.6. The Morgan fingerprint density at radius 1 is 1.28 bits per heavy atom. The molecule has 7 nitrogen and oxygen atoms in total. The number of morpholine rings is 1. The summed E-state index contributed by atoms with van der Waals surface area (Å²) in [7, 11) is 0. The third-order valence-corrected chi connectivity index (χ3v) is 4.23. The molecule has 2 aromatic rings. The number of rotatable bonds is 4. The Morgan fingerprint density at radius 2 is 2.04 bits per heavy atom. The fourth-order valence-corrected chi connectivity index (χ4v) is 3.04. The number of thiazole rings is 1. The number of halogens is 1. The van der Waals surface area contributed by atoms with Crippen LogP contribution in [0.2, 0.25) is 0 Å². The van der Waals surface area contributed by atoms with Crippen LogP contribution in [0, 0.1) is 0 Å². The number of carbonyl (C=O) groups is 2. The molecule has 0 aliphatic carbocycles. The highest BCUT2D eigenvalue weighted by atomic mass is 35.5. The molecule has 0 radical (unpaired) electrons. The topological polar surface area (TPSA) is 92.4 Å². The second kappa shape index (κ2) is 8.91. The van der Waals surface area contributed by atoms with Gasteiger partial charge in [0.2, 0.25) is 11.8 Å². The molecule has 1 fully saturated rings. The molecule has 1 saturated heterocycles. The van der Waals surface area contributed by atoms with Gasteiger partial charge in [-0.05, 0) is 12.1 Å². The average Bonchev–Trinajstić information content (AvgIpc) is 3.04. The highest BCUT2D eigenvalue weighted by molar-refractivity contribution is 7.14. The number of anilines is 2. The van der Waals surface area contributed by atoms with Gasteiger partial charge in [-0.15, -0.1) is 23.7 Å². The van der Waals surface area contributed by atoms with Crippen LogP contribution in [0.4, 0.5) is 10.8 Å². The molecule has 2 heterocycles. The second-order valence-electron chi connectivity index (χ2n) is 5.37. The number of hydrogen-bond acceptors (Lipinski definition) is 6. The van der Waals surface area contributed by atoms with Crippen molar-refractivity contribution >= 4 is 46.4 Å². The molecule has 1 aromatic heterocycles. The zero-order chi connectivity index (χ0) is 16.9. The van der Waals surface area contributed by atoms with Crippen LogP contribution in [-0.4, -0.2) is 42.6 Å². The number of hydrogen-bond donors (Lipinski definition) is 3. The summed E-state index contributed by atoms with van der Waals surface area (Å²) in [6.07, 6.45) is 0. The number of carbonyl (C=O) groups excluding carboxylic acids is 2. The van der Waals surface area contributed by atoms with Crippen molar-refractivity contribution in [2.45, 2.75) is 13.0 Å². The molecular formula is C16H19ClN4O3S. The first-order chi connectivity index (χ1) is 11.6. The summed E-state index contributed by atoms with van der Waals surface area (Å²) >= 11 is 1.37. The quantitative estimate of drug-likeness (QED) is 0.753. The maximum absolute atomic E-state index is 12.1. The molecule has 0 saturated carbocycles. The summed E-state index contributed by atoms with van der Waals surface area (Å²) in [5, 5.41) is 11.1. The summed E-state index contributed by atoms with van der Waals surface area (Å²) in [6, 6.07) is 7.04. The van der Waals surface area contributed by atoms with Gasteiger partial charge in [-0.1, -0.05) is 12.1 Å². The van der Waals surface area contributed by atoms with Crippen LogP contribution in [0.1, 0.15) is 6.92 Å². The van der Waals surface area contributed by atoms with Crippen molar-refractivity contribution < 1.29 is 14.3 Å². The predicted octanol–water partition coefficient (Wildman–Crippen LogP) is 2.12. The minimum Gasteiger partial charge on any atom is -0.378 e. The van der Waals surface area contributed by atoms with E-state index >= 15 is 0 Å². The van der Waals surface area contributed by atoms with E-state index in [2.05, 4.69) is 20.9 Å². The average molecular weight is 383 g/mol. The fourth-order valence-electron chi connectivity index (χ4n) is 2.32. The van der Waals surface area contributed by atoms with Gasteiger partial charge in [0.1, 0.15) is 6.04 Å². The van der Waals surface area contributed by atoms with E-state index in [-0.39, 0.29) is 30.3 Å². The Morgan fingerprint density at radius 3 is 2.68 bits per heavy atom. The maximum Gasteiger partial charge on any atom is 0.245 e. The molecule has 2 amide bonds. The normalized spacial score (nSPS) is 16.6. The second-order valence-corrected chi connectivity index (χ2v) is 6.23. The highest BCUT2D eigenvalue weighted by Crippen LogP contribution is 2.26. The van der Waals surface area contributed by atoms with Crippen molar-refractivity contribution in [1.82, 2.24) is 10.3 Å². The number of nitrogens with one attached hydrogen (secondary N) is 3. The first kappa shape index (κ1) is 19.3. The Bertz CT molecular complexity index is 729. The van der Waals surface area contributed by atoms with Crippen LogP contribution in [0.5, 0.6) is 0 Å². The molecule has 0 bridgehead atoms. The predicted molar refractivity (Wildman–Crippen MR) is 100 cm³/mol. The number of nitrogens with zero attached hydrogens (tertiary/aromatic N) is 1. The molecule has 9 heteroatoms. The molecular weight excluding hydrogens is 364 g/mol. The Hall–Kier alpha value is -2.00. The van der Waals surface area contributed by atoms with Crippen molar-refractivity contribution in [3.05, 3.63) is 29.6 Å². The van der Waals surface area contributed by atoms with Crippen molar-refractivity contribution in [3.63, 3.8) is 0 Å². The third kappa shape index (κ3) is 5.23. The first-order valence-electron chi connectivity index (χ1n) is 7.57. The zero-order valence-corrected chi connectivity index (χ0v) is 15.2. The number of amides is 2. The Labute approximate surface area is 155 Å². The van der Waals surface area contributed by atoms with Crippen molar-refractivity contribution in [2.24, 2.45) is 0 Å². The van der Waals surface area contributed by atoms with Crippen molar-refractivity contribution in [2.75, 3.05) is 30.4 Å². The molecule has 1 atom stereocenters. The molecule has 25 heavy (non-hydrogen) atoms. The minimum absolute atomic E-state index is 0. The smallest absolute Gasteiger partial charge is 0.245 e. The third-order valence-electron chi connectivity index (χ3n) is 3.47. The molecule has 134 valence electrons. The van der Waals surface area contributed by atoms with Crippen LogP contribution in [0.15, 0.2) is 29.6 Å². The number of aromatic nitrogens is 1. The molecule has 1 unspecified atom stereocenters. The van der Waals surface area contributed by atoms with Crippen LogP contribution in [0.3, 0.4) is 0 Å². The van der Waals surface area contributed by atoms with Crippen LogP contribution >= 0.6 is 23.7 Å². The monoisotopic (exact) mass is 382 g/mol. The SMILES string of the molecule is CC(=O)Nc1ccc(-c2csc(NC(=O)C3COCCN3)n2)cc1.Cl. The highest BCUT2D eigenvalue weighted by Gasteiger charge is 2.22. The number of benzene rings is 1. The van der Waals surface area contributed by atoms with E-state index in [1.807, 2.05) is 29.6 Å². The molecule has 3 rings (SSSR count). The van der Waals surface area contributed by atoms with Gasteiger partial charge in [-0.2, -0.15) is 0 Å². The summed E-state index contributed by atoms with van der Waals surface area (Å²) in [5.41, 5.74) is 2.43. The van der Waals surface area contributed by atoms with Gasteiger partial charge in [0.05, 0.1) is 18.9 Å². The lowest BCUT2D eigenvalue weighted by molar-refractivity contribution is -0.120. The fraction of sp³-hybridized carbons (Fsp3) is 0.312. The van der Waals surface area contributed by atoms with Gasteiger partial charge >= 0.3 is 0 Å². The largest absolute Gasteiger partial charge is 0.378 e. The Balaban J connectivity index is 0.00000225. The lowest BCUT2D eigenvalue weighted by Gasteiger charge is -2.22. The summed E-state index contributed by atoms with van der Waals surface area (Å²) in [6.45, 7) is 3.13. The van der Waals surface area contributed by atoms with E-state index in [1.54, 1.807) is 0 Å². The molecule has 0 spiro atoms. The summed E-state index contributed by atoms with van der Waals surface area (Å²) < 4.78 is 5.28. The van der Waals surface area contributed by atoms with Gasteiger partial charge in [0, 0.05) is 30.1 Å². The van der Waals surface area contributed by atoms with Gasteiger partial charge < -0.3 is 20.7 Å². The van der Waals surface area contributed by atoms with Crippen LogP contribution < -0.4 is 16.0 Å². The Kier molecular flexibility index (Phi) is 6.89. The minimum atomic E-state index is -0.344. The van der Waals surface area contributed by atoms with E-state index < -0.39 is 0 Å². The van der Waals surface area contributed by atoms with E-state index in [4.69, 9.17) is 4.74 Å². The molecule has 1 aliphatic rings. The standard InChI is InChI=1S/C16H18N4O3S.ClH/c1-10(21)18-12-4-2-11(3-5-12)14-9-24-16(19-14)20-15(22)13-8-23-7-6-17-13;/h2-5,9,13,17H,6-8H2,1H3,(H,18,21)(H,19,20,22);1H. The van der Waals surface area contributed by atoms with Crippen LogP contribution in [0.25, 0.3) is 11.3 Å². The molecule has 3 N–H and O–H groups in total. The first-order valence-corrected chi connectivity index (χ1v) is 8.45. The van der Waals surface area contributed by atoms with Gasteiger partial charge in [0.15, 0.2) is 5.13 Å². The molecule has 1 aromatic carbocycles. The summed E-state index contributed by atoms with van der Waals surface area (Å²) in [4.78, 5) is 27.6. The lowest BCUT2D eigenvalue weighted by Crippen LogP contribution is -2.48. The maximum atomic E-state index is 12.1. The lowest BCUT2D eigenvalue weighted by atomic mass is 10.1. The van der Waals surface area contributed by atoms with E-state index in [1.165, 1.54) is 18.3 Å². The van der Waals surface area contributed by atoms with Gasteiger partial charge in [-0.3, -0.25) is 9.59 Å². The van der Waals surface area contributed by atoms with Crippen molar-refractivity contribution in [3.8, 4) is 11.3 Å². The van der Waals surface area contributed by atoms with Gasteiger partial charge in [0.25, 0.3) is 0 Å². The van der Waals surface area contributed by atoms with E-state index in [9.17, 15) is 9.59 Å². The van der Waals surface area contributed by atoms with E-state index in [0.29, 0.717) is 24.9 Å². The number of ether oxygens (including phenoxy) is 1. The van der Waals surface area contributed by atoms with Crippen LogP contribution in [-0.2, 0) is 14.3 Å². The van der Waals surface area contributed by atoms with Gasteiger partial charge in [-0.25, -0.2) is 4.98 Å². The van der Waals surface area contributed by atoms with E-state index in [0.717, 1.165) is 16.9 Å².